The van der Waals surface area contributed by atoms with E-state index in [9.17, 15) is 13.3 Å². The third kappa shape index (κ3) is 1.89. The van der Waals surface area contributed by atoms with Crippen LogP contribution in [-0.2, 0) is 4.57 Å². The molecule has 72 valence electrons. The van der Waals surface area contributed by atoms with Crippen molar-refractivity contribution in [3.8, 4) is 0 Å². The number of halogens is 2. The van der Waals surface area contributed by atoms with Gasteiger partial charge in [0.15, 0.2) is 11.6 Å². The van der Waals surface area contributed by atoms with Crippen molar-refractivity contribution in [1.82, 2.24) is 0 Å². The largest absolute Gasteiger partial charge is 0.396 e. The first-order valence-corrected chi connectivity index (χ1v) is 6.23. The molecular weight excluding hydrogens is 195 g/mol. The van der Waals surface area contributed by atoms with Crippen LogP contribution in [0.5, 0.6) is 0 Å². The molecule has 0 saturated carbocycles. The summed E-state index contributed by atoms with van der Waals surface area (Å²) < 4.78 is 37.0. The van der Waals surface area contributed by atoms with Crippen LogP contribution in [-0.4, -0.2) is 13.3 Å². The van der Waals surface area contributed by atoms with Crippen molar-refractivity contribution in [2.75, 3.05) is 19.1 Å². The summed E-state index contributed by atoms with van der Waals surface area (Å²) in [6, 6.07) is 2.19. The van der Waals surface area contributed by atoms with E-state index in [-0.39, 0.29) is 11.0 Å². The van der Waals surface area contributed by atoms with Gasteiger partial charge < -0.3 is 10.3 Å². The Bertz CT molecular complexity index is 386. The maximum absolute atomic E-state index is 12.9. The van der Waals surface area contributed by atoms with Crippen molar-refractivity contribution < 1.29 is 13.3 Å². The average molecular weight is 205 g/mol. The van der Waals surface area contributed by atoms with Crippen LogP contribution in [0.2, 0.25) is 0 Å². The smallest absolute Gasteiger partial charge is 0.182 e. The van der Waals surface area contributed by atoms with Gasteiger partial charge in [0.05, 0.1) is 5.69 Å². The van der Waals surface area contributed by atoms with Crippen molar-refractivity contribution in [3.63, 3.8) is 0 Å². The molecule has 0 spiro atoms. The van der Waals surface area contributed by atoms with E-state index in [0.29, 0.717) is 0 Å². The Kier molecular flexibility index (Phi) is 2.44. The van der Waals surface area contributed by atoms with Gasteiger partial charge >= 0.3 is 0 Å². The molecule has 5 heteroatoms. The molecule has 0 atom stereocenters. The maximum Gasteiger partial charge on any atom is 0.182 e. The summed E-state index contributed by atoms with van der Waals surface area (Å²) >= 11 is 0. The first-order valence-electron chi connectivity index (χ1n) is 3.63. The number of anilines is 1. The summed E-state index contributed by atoms with van der Waals surface area (Å²) in [5.74, 6) is -2.14. The Morgan fingerprint density at radius 3 is 2.31 bits per heavy atom. The van der Waals surface area contributed by atoms with Gasteiger partial charge in [-0.05, 0) is 25.5 Å². The lowest BCUT2D eigenvalue weighted by Gasteiger charge is -2.10. The van der Waals surface area contributed by atoms with E-state index < -0.39 is 18.8 Å². The zero-order valence-corrected chi connectivity index (χ0v) is 8.24. The second kappa shape index (κ2) is 3.11. The van der Waals surface area contributed by atoms with Crippen molar-refractivity contribution in [2.45, 2.75) is 0 Å². The highest BCUT2D eigenvalue weighted by atomic mass is 31.2. The first kappa shape index (κ1) is 10.2. The molecule has 0 bridgehead atoms. The second-order valence-corrected chi connectivity index (χ2v) is 6.33. The lowest BCUT2D eigenvalue weighted by atomic mass is 10.3. The van der Waals surface area contributed by atoms with E-state index in [0.717, 1.165) is 6.07 Å². The van der Waals surface area contributed by atoms with E-state index >= 15 is 0 Å². The van der Waals surface area contributed by atoms with E-state index in [1.807, 2.05) is 0 Å². The summed E-state index contributed by atoms with van der Waals surface area (Å²) in [5.41, 5.74) is 4.93. The monoisotopic (exact) mass is 205 g/mol. The Morgan fingerprint density at radius 2 is 1.85 bits per heavy atom. The third-order valence-corrected chi connectivity index (χ3v) is 3.24. The van der Waals surface area contributed by atoms with Gasteiger partial charge in [-0.3, -0.25) is 0 Å². The minimum atomic E-state index is -2.63. The number of hydrogen-bond acceptors (Lipinski definition) is 2. The van der Waals surface area contributed by atoms with Crippen LogP contribution in [0.25, 0.3) is 0 Å². The zero-order chi connectivity index (χ0) is 10.2. The van der Waals surface area contributed by atoms with Gasteiger partial charge in [0.25, 0.3) is 0 Å². The molecule has 0 heterocycles. The van der Waals surface area contributed by atoms with Crippen molar-refractivity contribution in [2.24, 2.45) is 0 Å². The van der Waals surface area contributed by atoms with Gasteiger partial charge in [-0.15, -0.1) is 0 Å². The van der Waals surface area contributed by atoms with Crippen LogP contribution in [0.15, 0.2) is 12.1 Å². The van der Waals surface area contributed by atoms with Crippen molar-refractivity contribution >= 4 is 18.1 Å². The zero-order valence-electron chi connectivity index (χ0n) is 7.34. The van der Waals surface area contributed by atoms with Gasteiger partial charge in [-0.1, -0.05) is 0 Å². The van der Waals surface area contributed by atoms with Gasteiger partial charge in [-0.25, -0.2) is 8.78 Å². The minimum Gasteiger partial charge on any atom is -0.396 e. The van der Waals surface area contributed by atoms with E-state index in [1.165, 1.54) is 19.4 Å². The molecule has 1 aromatic rings. The van der Waals surface area contributed by atoms with Gasteiger partial charge in [-0.2, -0.15) is 0 Å². The average Bonchev–Trinajstić information content (AvgIpc) is 1.98. The molecule has 0 aromatic heterocycles. The molecule has 13 heavy (non-hydrogen) atoms. The van der Waals surface area contributed by atoms with E-state index in [4.69, 9.17) is 5.73 Å². The lowest BCUT2D eigenvalue weighted by molar-refractivity contribution is 0.512. The predicted octanol–water partition coefficient (Wildman–Crippen LogP) is 1.79. The standard InChI is InChI=1S/C8H10F2NOP/c1-13(2,12)6-4-3-5(9)7(10)8(6)11/h3-4H,11H2,1-2H3. The SMILES string of the molecule is CP(C)(=O)c1ccc(F)c(F)c1N. The Labute approximate surface area is 75.1 Å². The summed E-state index contributed by atoms with van der Waals surface area (Å²) in [6.07, 6.45) is 0. The Balaban J connectivity index is 3.44. The molecule has 1 aromatic carbocycles. The second-order valence-electron chi connectivity index (χ2n) is 3.15. The number of hydrogen-bond donors (Lipinski definition) is 1. The highest BCUT2D eigenvalue weighted by Crippen LogP contribution is 2.37. The highest BCUT2D eigenvalue weighted by molar-refractivity contribution is 7.70. The fourth-order valence-corrected chi connectivity index (χ4v) is 2.14. The fourth-order valence-electron chi connectivity index (χ4n) is 1.03. The van der Waals surface area contributed by atoms with Crippen LogP contribution in [0.3, 0.4) is 0 Å². The molecule has 2 nitrogen and oxygen atoms in total. The van der Waals surface area contributed by atoms with Crippen molar-refractivity contribution in [1.29, 1.82) is 0 Å². The lowest BCUT2D eigenvalue weighted by Crippen LogP contribution is -2.13. The third-order valence-electron chi connectivity index (χ3n) is 1.69. The maximum atomic E-state index is 12.9. The van der Waals surface area contributed by atoms with Crippen LogP contribution < -0.4 is 11.0 Å². The van der Waals surface area contributed by atoms with E-state index in [2.05, 4.69) is 0 Å². The number of nitrogens with two attached hydrogens (primary N) is 1. The number of nitrogen functional groups attached to an aromatic ring is 1. The molecular formula is C8H10F2NOP. The van der Waals surface area contributed by atoms with E-state index in [1.54, 1.807) is 0 Å². The Morgan fingerprint density at radius 1 is 1.31 bits per heavy atom. The first-order chi connectivity index (χ1) is 5.84. The fraction of sp³-hybridized carbons (Fsp3) is 0.250. The van der Waals surface area contributed by atoms with Crippen molar-refractivity contribution in [3.05, 3.63) is 23.8 Å². The summed E-state index contributed by atoms with van der Waals surface area (Å²) in [7, 11) is -2.63. The quantitative estimate of drug-likeness (QED) is 0.561. The molecule has 0 aliphatic heterocycles. The predicted molar refractivity (Wildman–Crippen MR) is 49.9 cm³/mol. The van der Waals surface area contributed by atoms with Crippen LogP contribution in [0.1, 0.15) is 0 Å². The normalized spacial score (nSPS) is 11.7. The van der Waals surface area contributed by atoms with Crippen LogP contribution in [0, 0.1) is 11.6 Å². The molecule has 1 rings (SSSR count). The highest BCUT2D eigenvalue weighted by Gasteiger charge is 2.19. The minimum absolute atomic E-state index is 0.186. The molecule has 0 fully saturated rings. The van der Waals surface area contributed by atoms with Gasteiger partial charge in [0, 0.05) is 5.30 Å². The molecule has 0 saturated heterocycles. The molecule has 0 aliphatic rings. The summed E-state index contributed by atoms with van der Waals surface area (Å²) in [5, 5.41) is 0.186. The van der Waals surface area contributed by atoms with Gasteiger partial charge in [0.2, 0.25) is 0 Å². The molecule has 0 radical (unpaired) electrons. The van der Waals surface area contributed by atoms with Crippen LogP contribution in [0.4, 0.5) is 14.5 Å². The molecule has 0 aliphatic carbocycles. The molecule has 0 amide bonds. The summed E-state index contributed by atoms with van der Waals surface area (Å²) in [4.78, 5) is 0. The molecule has 2 N–H and O–H groups in total. The number of benzene rings is 1. The molecule has 0 unspecified atom stereocenters. The summed E-state index contributed by atoms with van der Waals surface area (Å²) in [6.45, 7) is 2.91. The van der Waals surface area contributed by atoms with Gasteiger partial charge in [0.1, 0.15) is 7.14 Å². The Hall–Kier alpha value is -0.890. The van der Waals surface area contributed by atoms with Crippen LogP contribution >= 0.6 is 7.14 Å². The number of rotatable bonds is 1. The topological polar surface area (TPSA) is 43.1 Å².